The number of aromatic nitrogens is 1. The Morgan fingerprint density at radius 2 is 1.87 bits per heavy atom. The fraction of sp³-hybridized carbons (Fsp3) is 0.423. The Bertz CT molecular complexity index is 968. The fourth-order valence-corrected chi connectivity index (χ4v) is 4.59. The van der Waals surface area contributed by atoms with E-state index in [9.17, 15) is 4.79 Å². The van der Waals surface area contributed by atoms with Crippen LogP contribution in [-0.4, -0.2) is 60.5 Å². The molecule has 0 spiro atoms. The van der Waals surface area contributed by atoms with Crippen molar-refractivity contribution in [2.75, 3.05) is 39.8 Å². The number of nitrogens with zero attached hydrogens (tertiary/aromatic N) is 2. The maximum atomic E-state index is 12.3. The van der Waals surface area contributed by atoms with E-state index >= 15 is 0 Å². The molecule has 1 aliphatic rings. The number of fused-ring (bicyclic) bond motifs is 1. The summed E-state index contributed by atoms with van der Waals surface area (Å²) in [5, 5.41) is 4.39. The molecule has 3 aromatic rings. The molecule has 2 N–H and O–H groups in total. The molecule has 0 radical (unpaired) electrons. The molecule has 1 atom stereocenters. The van der Waals surface area contributed by atoms with Crippen LogP contribution in [0.25, 0.3) is 10.9 Å². The van der Waals surface area contributed by atoms with Gasteiger partial charge in [0.05, 0.1) is 0 Å². The lowest BCUT2D eigenvalue weighted by molar-refractivity contribution is -0.121. The molecule has 4 rings (SSSR count). The number of hydrogen-bond acceptors (Lipinski definition) is 3. The lowest BCUT2D eigenvalue weighted by Crippen LogP contribution is -2.47. The molecule has 1 aliphatic heterocycles. The molecule has 1 amide bonds. The topological polar surface area (TPSA) is 51.4 Å². The van der Waals surface area contributed by atoms with Gasteiger partial charge < -0.3 is 15.2 Å². The molecular weight excluding hydrogens is 384 g/mol. The van der Waals surface area contributed by atoms with Gasteiger partial charge in [0.1, 0.15) is 0 Å². The monoisotopic (exact) mass is 418 g/mol. The van der Waals surface area contributed by atoms with E-state index < -0.39 is 0 Å². The van der Waals surface area contributed by atoms with Crippen LogP contribution in [-0.2, 0) is 11.2 Å². The molecule has 0 saturated carbocycles. The normalized spacial score (nSPS) is 17.8. The predicted molar refractivity (Wildman–Crippen MR) is 127 cm³/mol. The van der Waals surface area contributed by atoms with Crippen LogP contribution in [0.3, 0.4) is 0 Å². The molecular formula is C26H34N4O. The molecule has 1 saturated heterocycles. The molecule has 1 fully saturated rings. The first-order valence-corrected chi connectivity index (χ1v) is 11.5. The number of piperazine rings is 1. The van der Waals surface area contributed by atoms with Gasteiger partial charge in [0.25, 0.3) is 0 Å². The number of amides is 1. The number of likely N-dealkylation sites (N-methyl/N-ethyl adjacent to an activating group) is 1. The van der Waals surface area contributed by atoms with Gasteiger partial charge in [-0.05, 0) is 43.5 Å². The van der Waals surface area contributed by atoms with Gasteiger partial charge in [-0.1, -0.05) is 48.5 Å². The van der Waals surface area contributed by atoms with Crippen molar-refractivity contribution in [3.05, 3.63) is 71.9 Å². The van der Waals surface area contributed by atoms with Crippen LogP contribution < -0.4 is 5.32 Å². The molecule has 5 nitrogen and oxygen atoms in total. The van der Waals surface area contributed by atoms with Crippen molar-refractivity contribution in [3.63, 3.8) is 0 Å². The van der Waals surface area contributed by atoms with Crippen LogP contribution >= 0.6 is 0 Å². The summed E-state index contributed by atoms with van der Waals surface area (Å²) in [5.41, 5.74) is 3.85. The highest BCUT2D eigenvalue weighted by Crippen LogP contribution is 2.24. The number of hydrogen-bond donors (Lipinski definition) is 2. The molecule has 31 heavy (non-hydrogen) atoms. The summed E-state index contributed by atoms with van der Waals surface area (Å²) in [6, 6.07) is 19.6. The number of aryl methyl sites for hydroxylation is 1. The van der Waals surface area contributed by atoms with Crippen LogP contribution in [0.4, 0.5) is 0 Å². The first-order valence-electron chi connectivity index (χ1n) is 11.5. The van der Waals surface area contributed by atoms with Crippen molar-refractivity contribution < 1.29 is 4.79 Å². The minimum Gasteiger partial charge on any atom is -0.361 e. The van der Waals surface area contributed by atoms with E-state index in [0.29, 0.717) is 12.5 Å². The number of rotatable bonds is 9. The highest BCUT2D eigenvalue weighted by atomic mass is 16.1. The third-order valence-corrected chi connectivity index (χ3v) is 6.35. The van der Waals surface area contributed by atoms with Crippen LogP contribution in [0.15, 0.2) is 60.8 Å². The van der Waals surface area contributed by atoms with Gasteiger partial charge in [0.2, 0.25) is 5.91 Å². The zero-order chi connectivity index (χ0) is 21.5. The van der Waals surface area contributed by atoms with Gasteiger partial charge in [0.15, 0.2) is 0 Å². The summed E-state index contributed by atoms with van der Waals surface area (Å²) in [5.74, 6) is 0.165. The maximum absolute atomic E-state index is 12.3. The second-order valence-electron chi connectivity index (χ2n) is 8.64. The Morgan fingerprint density at radius 3 is 2.74 bits per heavy atom. The third kappa shape index (κ3) is 5.75. The van der Waals surface area contributed by atoms with E-state index in [1.165, 1.54) is 22.0 Å². The number of carbonyl (C=O) groups is 1. The summed E-state index contributed by atoms with van der Waals surface area (Å²) in [6.07, 6.45) is 5.45. The summed E-state index contributed by atoms with van der Waals surface area (Å²) >= 11 is 0. The minimum absolute atomic E-state index is 0.165. The molecule has 1 unspecified atom stereocenters. The summed E-state index contributed by atoms with van der Waals surface area (Å²) in [7, 11) is 2.20. The number of carbonyl (C=O) groups excluding carboxylic acids is 1. The van der Waals surface area contributed by atoms with Crippen LogP contribution in [0.5, 0.6) is 0 Å². The van der Waals surface area contributed by atoms with Gasteiger partial charge in [-0.2, -0.15) is 0 Å². The van der Waals surface area contributed by atoms with Crippen LogP contribution in [0, 0.1) is 0 Å². The summed E-state index contributed by atoms with van der Waals surface area (Å²) in [4.78, 5) is 20.6. The number of para-hydroxylation sites is 1. The predicted octanol–water partition coefficient (Wildman–Crippen LogP) is 3.99. The van der Waals surface area contributed by atoms with Crippen molar-refractivity contribution in [2.45, 2.75) is 31.7 Å². The van der Waals surface area contributed by atoms with Crippen molar-refractivity contribution >= 4 is 16.8 Å². The van der Waals surface area contributed by atoms with Crippen molar-refractivity contribution in [1.82, 2.24) is 20.1 Å². The number of nitrogens with one attached hydrogen (secondary N) is 2. The summed E-state index contributed by atoms with van der Waals surface area (Å²) < 4.78 is 0. The van der Waals surface area contributed by atoms with E-state index in [4.69, 9.17) is 0 Å². The third-order valence-electron chi connectivity index (χ3n) is 6.35. The highest BCUT2D eigenvalue weighted by molar-refractivity contribution is 5.83. The smallest absolute Gasteiger partial charge is 0.220 e. The Morgan fingerprint density at radius 1 is 1.06 bits per heavy atom. The summed E-state index contributed by atoms with van der Waals surface area (Å²) in [6.45, 7) is 5.01. The largest absolute Gasteiger partial charge is 0.361 e. The minimum atomic E-state index is 0.165. The van der Waals surface area contributed by atoms with Gasteiger partial charge in [-0.3, -0.25) is 9.69 Å². The Hall–Kier alpha value is -2.63. The SMILES string of the molecule is CN1CCN(CCCNC(=O)CCCc2c[nH]c3ccccc23)C(c2ccccc2)C1. The van der Waals surface area contributed by atoms with Crippen molar-refractivity contribution in [1.29, 1.82) is 0 Å². The molecule has 0 aliphatic carbocycles. The van der Waals surface area contributed by atoms with Gasteiger partial charge in [0, 0.05) is 62.3 Å². The fourth-order valence-electron chi connectivity index (χ4n) is 4.59. The van der Waals surface area contributed by atoms with E-state index in [0.717, 1.165) is 52.0 Å². The molecule has 5 heteroatoms. The van der Waals surface area contributed by atoms with Crippen molar-refractivity contribution in [3.8, 4) is 0 Å². The van der Waals surface area contributed by atoms with Gasteiger partial charge >= 0.3 is 0 Å². The lowest BCUT2D eigenvalue weighted by Gasteiger charge is -2.40. The van der Waals surface area contributed by atoms with E-state index in [1.54, 1.807) is 0 Å². The Kier molecular flexibility index (Phi) is 7.39. The zero-order valence-electron chi connectivity index (χ0n) is 18.5. The Balaban J connectivity index is 1.17. The van der Waals surface area contributed by atoms with Gasteiger partial charge in [-0.15, -0.1) is 0 Å². The second-order valence-corrected chi connectivity index (χ2v) is 8.64. The van der Waals surface area contributed by atoms with E-state index in [2.05, 4.69) is 81.9 Å². The zero-order valence-corrected chi connectivity index (χ0v) is 18.5. The van der Waals surface area contributed by atoms with Crippen LogP contribution in [0.1, 0.15) is 36.4 Å². The molecule has 164 valence electrons. The van der Waals surface area contributed by atoms with E-state index in [1.807, 2.05) is 6.07 Å². The molecule has 2 heterocycles. The second kappa shape index (κ2) is 10.6. The quantitative estimate of drug-likeness (QED) is 0.517. The molecule has 0 bridgehead atoms. The van der Waals surface area contributed by atoms with Crippen LogP contribution in [0.2, 0.25) is 0 Å². The van der Waals surface area contributed by atoms with Gasteiger partial charge in [-0.25, -0.2) is 0 Å². The number of aromatic amines is 1. The van der Waals surface area contributed by atoms with Crippen molar-refractivity contribution in [2.24, 2.45) is 0 Å². The molecule has 1 aromatic heterocycles. The molecule has 2 aromatic carbocycles. The first kappa shape index (κ1) is 21.6. The average Bonchev–Trinajstić information content (AvgIpc) is 3.21. The Labute approximate surface area is 185 Å². The number of H-pyrrole nitrogens is 1. The highest BCUT2D eigenvalue weighted by Gasteiger charge is 2.25. The van der Waals surface area contributed by atoms with E-state index in [-0.39, 0.29) is 5.91 Å². The average molecular weight is 419 g/mol. The first-order chi connectivity index (χ1) is 15.2. The number of benzene rings is 2. The lowest BCUT2D eigenvalue weighted by atomic mass is 10.0. The standard InChI is InChI=1S/C26H34N4O/c1-29-17-18-30(25(20-29)21-9-3-2-4-10-21)16-8-15-27-26(31)14-7-11-22-19-28-24-13-6-5-12-23(22)24/h2-6,9-10,12-13,19,25,28H,7-8,11,14-18,20H2,1H3,(H,27,31). The maximum Gasteiger partial charge on any atom is 0.220 e.